The number of carbonyl (C=O) groups is 1. The molecule has 0 saturated carbocycles. The van der Waals surface area contributed by atoms with Gasteiger partial charge in [-0.3, -0.25) is 4.79 Å². The molecular weight excluding hydrogens is 392 g/mol. The minimum absolute atomic E-state index is 0.145. The molecule has 0 amide bonds. The highest BCUT2D eigenvalue weighted by Gasteiger charge is 2.36. The summed E-state index contributed by atoms with van der Waals surface area (Å²) in [6, 6.07) is 13.3. The number of carbonyl (C=O) groups excluding carboxylic acids is 1. The highest BCUT2D eigenvalue weighted by Crippen LogP contribution is 2.44. The van der Waals surface area contributed by atoms with Crippen molar-refractivity contribution in [2.24, 2.45) is 21.6 Å². The van der Waals surface area contributed by atoms with E-state index in [2.05, 4.69) is 86.5 Å². The topological polar surface area (TPSA) is 41.8 Å². The van der Waals surface area contributed by atoms with E-state index in [4.69, 9.17) is 0 Å². The number of ketones is 1. The minimum atomic E-state index is 0.145. The van der Waals surface area contributed by atoms with E-state index >= 15 is 0 Å². The van der Waals surface area contributed by atoms with Gasteiger partial charge >= 0.3 is 0 Å². The van der Waals surface area contributed by atoms with Crippen molar-refractivity contribution in [2.45, 2.75) is 65.8 Å². The highest BCUT2D eigenvalue weighted by atomic mass is 16.1. The van der Waals surface area contributed by atoms with Crippen LogP contribution in [0.25, 0.3) is 11.1 Å². The lowest BCUT2D eigenvalue weighted by molar-refractivity contribution is 0.0871. The number of nitrogens with zero attached hydrogens (tertiary/aromatic N) is 2. The summed E-state index contributed by atoms with van der Waals surface area (Å²) in [6.45, 7) is 8.82. The van der Waals surface area contributed by atoms with Crippen molar-refractivity contribution < 1.29 is 4.79 Å². The molecule has 3 aliphatic rings. The highest BCUT2D eigenvalue weighted by molar-refractivity contribution is 6.00. The molecule has 2 aliphatic carbocycles. The summed E-state index contributed by atoms with van der Waals surface area (Å²) in [7, 11) is 0. The Kier molecular flexibility index (Phi) is 5.23. The average Bonchev–Trinajstić information content (AvgIpc) is 3.46. The molecule has 3 heteroatoms. The maximum atomic E-state index is 13.0. The molecule has 0 aromatic heterocycles. The minimum Gasteiger partial charge on any atom is -0.294 e. The molecule has 0 spiro atoms. The summed E-state index contributed by atoms with van der Waals surface area (Å²) in [4.78, 5) is 13.0. The van der Waals surface area contributed by atoms with E-state index in [-0.39, 0.29) is 11.5 Å². The van der Waals surface area contributed by atoms with Gasteiger partial charge in [-0.25, -0.2) is 0 Å². The molecule has 0 bridgehead atoms. The quantitative estimate of drug-likeness (QED) is 0.476. The normalized spacial score (nSPS) is 20.9. The Labute approximate surface area is 191 Å². The zero-order chi connectivity index (χ0) is 22.5. The molecule has 0 saturated heterocycles. The number of azo groups is 1. The van der Waals surface area contributed by atoms with Gasteiger partial charge in [0.05, 0.1) is 5.69 Å². The Balaban J connectivity index is 1.40. The lowest BCUT2D eigenvalue weighted by atomic mass is 9.67. The second-order valence-corrected chi connectivity index (χ2v) is 10.1. The third-order valence-electron chi connectivity index (χ3n) is 7.86. The third kappa shape index (κ3) is 3.48. The monoisotopic (exact) mass is 424 g/mol. The fourth-order valence-electron chi connectivity index (χ4n) is 5.51. The van der Waals surface area contributed by atoms with Crippen molar-refractivity contribution >= 4 is 22.6 Å². The molecule has 0 radical (unpaired) electrons. The average molecular weight is 425 g/mol. The van der Waals surface area contributed by atoms with Gasteiger partial charge in [-0.15, -0.1) is 0 Å². The number of rotatable bonds is 5. The number of hydrogen-bond donors (Lipinski definition) is 0. The van der Waals surface area contributed by atoms with Crippen LogP contribution in [0.5, 0.6) is 0 Å². The first kappa shape index (κ1) is 21.1. The molecule has 3 nitrogen and oxygen atoms in total. The van der Waals surface area contributed by atoms with Crippen LogP contribution in [0.1, 0.15) is 92.0 Å². The van der Waals surface area contributed by atoms with Gasteiger partial charge in [-0.2, -0.15) is 10.2 Å². The van der Waals surface area contributed by atoms with E-state index in [1.54, 1.807) is 0 Å². The van der Waals surface area contributed by atoms with Gasteiger partial charge in [0.15, 0.2) is 5.78 Å². The summed E-state index contributed by atoms with van der Waals surface area (Å²) in [6.07, 6.45) is 9.27. The fraction of sp³-hybridized carbons (Fsp3) is 0.414. The lowest BCUT2D eigenvalue weighted by Gasteiger charge is -2.36. The molecule has 1 heterocycles. The maximum Gasteiger partial charge on any atom is 0.163 e. The SMILES string of the molecule is CCC1(CC)CC(=O)c2cc(C3=CC(c4ccc5c(c4)N=NC5C(C)C)=CC3)ccc2C1. The predicted octanol–water partition coefficient (Wildman–Crippen LogP) is 8.29. The second kappa shape index (κ2) is 7.95. The first-order valence-electron chi connectivity index (χ1n) is 12.1. The first-order chi connectivity index (χ1) is 15.4. The summed E-state index contributed by atoms with van der Waals surface area (Å²) in [5, 5.41) is 8.90. The molecular formula is C29H32N2O. The number of Topliss-reactive ketones (excluding diaryl/α,β-unsaturated/α-hetero) is 1. The Morgan fingerprint density at radius 1 is 1.03 bits per heavy atom. The molecule has 32 heavy (non-hydrogen) atoms. The molecule has 1 aliphatic heterocycles. The van der Waals surface area contributed by atoms with Crippen molar-refractivity contribution in [3.05, 3.63) is 76.4 Å². The van der Waals surface area contributed by atoms with E-state index in [1.165, 1.54) is 33.4 Å². The van der Waals surface area contributed by atoms with Crippen LogP contribution >= 0.6 is 0 Å². The van der Waals surface area contributed by atoms with Crippen LogP contribution in [0, 0.1) is 11.3 Å². The van der Waals surface area contributed by atoms with Crippen molar-refractivity contribution in [2.75, 3.05) is 0 Å². The van der Waals surface area contributed by atoms with Crippen molar-refractivity contribution in [1.82, 2.24) is 0 Å². The van der Waals surface area contributed by atoms with Crippen molar-refractivity contribution in [3.63, 3.8) is 0 Å². The molecule has 2 aromatic carbocycles. The molecule has 5 rings (SSSR count). The van der Waals surface area contributed by atoms with Crippen LogP contribution in [0.4, 0.5) is 5.69 Å². The Bertz CT molecular complexity index is 1180. The van der Waals surface area contributed by atoms with Crippen LogP contribution in [0.15, 0.2) is 58.8 Å². The number of hydrogen-bond acceptors (Lipinski definition) is 3. The van der Waals surface area contributed by atoms with Gasteiger partial charge in [0.2, 0.25) is 0 Å². The molecule has 164 valence electrons. The number of benzene rings is 2. The largest absolute Gasteiger partial charge is 0.294 e. The standard InChI is InChI=1S/C29H32N2O/c1-5-29(6-2)16-23-10-9-21(14-25(23)27(32)17-29)19-7-8-20(13-19)22-11-12-24-26(15-22)30-31-28(24)18(3)4/h8-15,18,28H,5-7,16-17H2,1-4H3. The van der Waals surface area contributed by atoms with E-state index < -0.39 is 0 Å². The van der Waals surface area contributed by atoms with Crippen molar-refractivity contribution in [1.29, 1.82) is 0 Å². The van der Waals surface area contributed by atoms with Gasteiger partial charge in [0.25, 0.3) is 0 Å². The zero-order valence-corrected chi connectivity index (χ0v) is 19.6. The smallest absolute Gasteiger partial charge is 0.163 e. The van der Waals surface area contributed by atoms with Crippen LogP contribution in [0.3, 0.4) is 0 Å². The van der Waals surface area contributed by atoms with Gasteiger partial charge in [-0.1, -0.05) is 64.1 Å². The zero-order valence-electron chi connectivity index (χ0n) is 19.6. The van der Waals surface area contributed by atoms with Gasteiger partial charge in [-0.05, 0) is 77.0 Å². The number of allylic oxidation sites excluding steroid dienone is 4. The van der Waals surface area contributed by atoms with Crippen molar-refractivity contribution in [3.8, 4) is 0 Å². The molecule has 0 N–H and O–H groups in total. The first-order valence-corrected chi connectivity index (χ1v) is 12.1. The van der Waals surface area contributed by atoms with Crippen LogP contribution in [-0.4, -0.2) is 5.78 Å². The summed E-state index contributed by atoms with van der Waals surface area (Å²) in [5.41, 5.74) is 9.40. The molecule has 2 aromatic rings. The Hall–Kier alpha value is -2.81. The predicted molar refractivity (Wildman–Crippen MR) is 131 cm³/mol. The van der Waals surface area contributed by atoms with Gasteiger partial charge in [0.1, 0.15) is 6.04 Å². The van der Waals surface area contributed by atoms with Gasteiger partial charge in [0, 0.05) is 17.5 Å². The summed E-state index contributed by atoms with van der Waals surface area (Å²) < 4.78 is 0. The molecule has 0 fully saturated rings. The van der Waals surface area contributed by atoms with Crippen LogP contribution in [0.2, 0.25) is 0 Å². The molecule has 1 unspecified atom stereocenters. The van der Waals surface area contributed by atoms with E-state index in [9.17, 15) is 4.79 Å². The number of fused-ring (bicyclic) bond motifs is 2. The van der Waals surface area contributed by atoms with Crippen LogP contribution in [-0.2, 0) is 6.42 Å². The van der Waals surface area contributed by atoms with E-state index in [0.29, 0.717) is 18.1 Å². The maximum absolute atomic E-state index is 13.0. The Morgan fingerprint density at radius 2 is 1.81 bits per heavy atom. The van der Waals surface area contributed by atoms with E-state index in [1.807, 2.05) is 0 Å². The van der Waals surface area contributed by atoms with Crippen LogP contribution < -0.4 is 0 Å². The summed E-state index contributed by atoms with van der Waals surface area (Å²) in [5.74, 6) is 0.766. The fourth-order valence-corrected chi connectivity index (χ4v) is 5.51. The van der Waals surface area contributed by atoms with E-state index in [0.717, 1.165) is 36.9 Å². The second-order valence-electron chi connectivity index (χ2n) is 10.1. The summed E-state index contributed by atoms with van der Waals surface area (Å²) >= 11 is 0. The third-order valence-corrected chi connectivity index (χ3v) is 7.86. The molecule has 1 atom stereocenters. The van der Waals surface area contributed by atoms with Gasteiger partial charge < -0.3 is 0 Å². The lowest BCUT2D eigenvalue weighted by Crippen LogP contribution is -2.31. The Morgan fingerprint density at radius 3 is 2.56 bits per heavy atom.